The molecule has 1 aliphatic heterocycles. The maximum atomic E-state index is 13.4. The Kier molecular flexibility index (Phi) is 5.73. The molecule has 0 radical (unpaired) electrons. The van der Waals surface area contributed by atoms with Crippen molar-refractivity contribution < 1.29 is 13.6 Å². The molecule has 3 aromatic rings. The van der Waals surface area contributed by atoms with Crippen LogP contribution in [0.1, 0.15) is 17.2 Å². The van der Waals surface area contributed by atoms with Gasteiger partial charge in [0.25, 0.3) is 0 Å². The summed E-state index contributed by atoms with van der Waals surface area (Å²) in [4.78, 5) is 20.7. The number of hydrogen-bond donors (Lipinski definition) is 0. The van der Waals surface area contributed by atoms with Gasteiger partial charge in [-0.15, -0.1) is 0 Å². The molecular weight excluding hydrogens is 442 g/mol. The number of carbonyl (C=O) groups is 1. The van der Waals surface area contributed by atoms with E-state index in [0.29, 0.717) is 30.8 Å². The van der Waals surface area contributed by atoms with E-state index in [0.717, 1.165) is 11.1 Å². The van der Waals surface area contributed by atoms with Crippen molar-refractivity contribution in [3.05, 3.63) is 88.4 Å². The Balaban J connectivity index is 1.54. The number of amides is 1. The van der Waals surface area contributed by atoms with E-state index in [9.17, 15) is 13.6 Å². The van der Waals surface area contributed by atoms with Gasteiger partial charge in [0.15, 0.2) is 0 Å². The van der Waals surface area contributed by atoms with Gasteiger partial charge in [0.2, 0.25) is 0 Å². The van der Waals surface area contributed by atoms with E-state index in [4.69, 9.17) is 0 Å². The third kappa shape index (κ3) is 4.38. The van der Waals surface area contributed by atoms with Crippen LogP contribution in [0.3, 0.4) is 0 Å². The van der Waals surface area contributed by atoms with Crippen molar-refractivity contribution in [3.63, 3.8) is 0 Å². The second-order valence-corrected chi connectivity index (χ2v) is 7.73. The Bertz CT molecular complexity index is 937. The van der Waals surface area contributed by atoms with Crippen LogP contribution in [0.5, 0.6) is 0 Å². The monoisotopic (exact) mass is 460 g/mol. The normalized spacial score (nSPS) is 15.1. The maximum Gasteiger partial charge on any atom is 0.329 e. The molecule has 1 amide bonds. The van der Waals surface area contributed by atoms with Crippen molar-refractivity contribution in [1.29, 1.82) is 0 Å². The lowest BCUT2D eigenvalue weighted by Gasteiger charge is -2.39. The fraction of sp³-hybridized carbons (Fsp3) is 0.238. The van der Waals surface area contributed by atoms with E-state index in [1.807, 2.05) is 0 Å². The Morgan fingerprint density at radius 3 is 1.86 bits per heavy atom. The highest BCUT2D eigenvalue weighted by atomic mass is 79.9. The molecule has 8 heteroatoms. The first-order valence-corrected chi connectivity index (χ1v) is 10.0. The third-order valence-corrected chi connectivity index (χ3v) is 5.50. The highest BCUT2D eigenvalue weighted by Crippen LogP contribution is 2.30. The molecule has 0 unspecified atom stereocenters. The van der Waals surface area contributed by atoms with Crippen molar-refractivity contribution in [2.45, 2.75) is 6.04 Å². The Morgan fingerprint density at radius 1 is 0.897 bits per heavy atom. The molecule has 0 saturated carbocycles. The first-order chi connectivity index (χ1) is 14.0. The summed E-state index contributed by atoms with van der Waals surface area (Å²) in [5.74, 6) is -0.595. The second kappa shape index (κ2) is 8.42. The molecule has 1 saturated heterocycles. The molecule has 0 aliphatic carbocycles. The summed E-state index contributed by atoms with van der Waals surface area (Å²) < 4.78 is 28.9. The van der Waals surface area contributed by atoms with Crippen LogP contribution in [0.2, 0.25) is 0 Å². The lowest BCUT2D eigenvalue weighted by atomic mass is 9.96. The van der Waals surface area contributed by atoms with Gasteiger partial charge in [-0.3, -0.25) is 9.47 Å². The highest BCUT2D eigenvalue weighted by molar-refractivity contribution is 9.10. The van der Waals surface area contributed by atoms with Gasteiger partial charge in [0, 0.05) is 32.4 Å². The van der Waals surface area contributed by atoms with E-state index >= 15 is 0 Å². The number of hydrogen-bond acceptors (Lipinski definition) is 3. The number of halogens is 3. The molecule has 2 aromatic carbocycles. The van der Waals surface area contributed by atoms with E-state index in [1.165, 1.54) is 35.2 Å². The summed E-state index contributed by atoms with van der Waals surface area (Å²) in [5.41, 5.74) is 1.85. The predicted molar refractivity (Wildman–Crippen MR) is 109 cm³/mol. The molecule has 1 aromatic heterocycles. The smallest absolute Gasteiger partial charge is 0.321 e. The maximum absolute atomic E-state index is 13.4. The van der Waals surface area contributed by atoms with Crippen LogP contribution >= 0.6 is 15.9 Å². The number of nitrogens with zero attached hydrogens (tertiary/aromatic N) is 4. The fourth-order valence-electron chi connectivity index (χ4n) is 3.64. The summed E-state index contributed by atoms with van der Waals surface area (Å²) in [6, 6.07) is 12.5. The number of rotatable bonds is 3. The van der Waals surface area contributed by atoms with Crippen molar-refractivity contribution in [2.75, 3.05) is 26.2 Å². The first-order valence-electron chi connectivity index (χ1n) is 9.25. The summed E-state index contributed by atoms with van der Waals surface area (Å²) in [6.45, 7) is 2.38. The number of benzene rings is 2. The minimum atomic E-state index is -0.298. The van der Waals surface area contributed by atoms with Gasteiger partial charge in [0.1, 0.15) is 22.6 Å². The lowest BCUT2D eigenvalue weighted by molar-refractivity contribution is 0.121. The number of imidazole rings is 1. The molecule has 29 heavy (non-hydrogen) atoms. The fourth-order valence-corrected chi connectivity index (χ4v) is 3.95. The largest absolute Gasteiger partial charge is 0.329 e. The molecule has 0 N–H and O–H groups in total. The first kappa shape index (κ1) is 19.7. The minimum absolute atomic E-state index is 0.122. The van der Waals surface area contributed by atoms with Gasteiger partial charge in [-0.05, 0) is 51.3 Å². The predicted octanol–water partition coefficient (Wildman–Crippen LogP) is 4.30. The van der Waals surface area contributed by atoms with Gasteiger partial charge in [-0.25, -0.2) is 18.6 Å². The van der Waals surface area contributed by atoms with Crippen molar-refractivity contribution >= 4 is 22.0 Å². The van der Waals surface area contributed by atoms with Gasteiger partial charge in [0.05, 0.1) is 6.04 Å². The summed E-state index contributed by atoms with van der Waals surface area (Å²) in [6.07, 6.45) is 3.12. The van der Waals surface area contributed by atoms with E-state index in [2.05, 4.69) is 25.8 Å². The van der Waals surface area contributed by atoms with Crippen molar-refractivity contribution in [1.82, 2.24) is 19.4 Å². The van der Waals surface area contributed by atoms with Gasteiger partial charge >= 0.3 is 6.03 Å². The molecule has 150 valence electrons. The Labute approximate surface area is 175 Å². The second-order valence-electron chi connectivity index (χ2n) is 6.91. The Hall–Kier alpha value is -2.58. The number of piperazine rings is 1. The zero-order valence-corrected chi connectivity index (χ0v) is 17.1. The van der Waals surface area contributed by atoms with Crippen molar-refractivity contribution in [3.8, 4) is 0 Å². The zero-order chi connectivity index (χ0) is 20.4. The average Bonchev–Trinajstić information content (AvgIpc) is 3.17. The van der Waals surface area contributed by atoms with Crippen molar-refractivity contribution in [2.24, 2.45) is 0 Å². The zero-order valence-electron chi connectivity index (χ0n) is 15.5. The third-order valence-electron chi connectivity index (χ3n) is 5.09. The molecule has 0 atom stereocenters. The van der Waals surface area contributed by atoms with Crippen LogP contribution in [-0.4, -0.2) is 51.6 Å². The van der Waals surface area contributed by atoms with Crippen LogP contribution in [0, 0.1) is 11.6 Å². The highest BCUT2D eigenvalue weighted by Gasteiger charge is 2.28. The molecule has 1 fully saturated rings. The minimum Gasteiger partial charge on any atom is -0.321 e. The van der Waals surface area contributed by atoms with Crippen LogP contribution in [-0.2, 0) is 0 Å². The molecule has 0 bridgehead atoms. The quantitative estimate of drug-likeness (QED) is 0.584. The van der Waals surface area contributed by atoms with Crippen LogP contribution in [0.15, 0.2) is 65.7 Å². The molecule has 5 nitrogen and oxygen atoms in total. The summed E-state index contributed by atoms with van der Waals surface area (Å²) >= 11 is 3.25. The van der Waals surface area contributed by atoms with E-state index in [-0.39, 0.29) is 23.7 Å². The van der Waals surface area contributed by atoms with Crippen LogP contribution in [0.25, 0.3) is 0 Å². The lowest BCUT2D eigenvalue weighted by Crippen LogP contribution is -2.50. The number of carbonyl (C=O) groups excluding carboxylic acids is 1. The SMILES string of the molecule is O=C(N1CCN(C(c2ccc(F)cc2)c2ccc(F)cc2)CC1)n1cnc(Br)c1. The average molecular weight is 461 g/mol. The van der Waals surface area contributed by atoms with Crippen LogP contribution in [0.4, 0.5) is 13.6 Å². The van der Waals surface area contributed by atoms with Gasteiger partial charge < -0.3 is 4.90 Å². The van der Waals surface area contributed by atoms with Crippen LogP contribution < -0.4 is 0 Å². The topological polar surface area (TPSA) is 41.4 Å². The number of aromatic nitrogens is 2. The standard InChI is InChI=1S/C21H19BrF2N4O/c22-19-13-28(14-25-19)21(29)27-11-9-26(10-12-27)20(15-1-5-17(23)6-2-15)16-3-7-18(24)8-4-16/h1-8,13-14,20H,9-12H2. The van der Waals surface area contributed by atoms with E-state index in [1.54, 1.807) is 35.4 Å². The van der Waals surface area contributed by atoms with E-state index < -0.39 is 0 Å². The molecule has 4 rings (SSSR count). The molecule has 2 heterocycles. The van der Waals surface area contributed by atoms with Gasteiger partial charge in [-0.2, -0.15) is 0 Å². The van der Waals surface area contributed by atoms with Gasteiger partial charge in [-0.1, -0.05) is 24.3 Å². The summed E-state index contributed by atoms with van der Waals surface area (Å²) in [5, 5.41) is 0. The molecular formula is C21H19BrF2N4O. The molecule has 1 aliphatic rings. The molecule has 0 spiro atoms. The Morgan fingerprint density at radius 2 is 1.41 bits per heavy atom. The summed E-state index contributed by atoms with van der Waals surface area (Å²) in [7, 11) is 0.